The number of para-hydroxylation sites is 1. The average molecular weight is 507 g/mol. The number of anilines is 1. The highest BCUT2D eigenvalue weighted by Gasteiger charge is 2.33. The van der Waals surface area contributed by atoms with Crippen molar-refractivity contribution in [2.24, 2.45) is 0 Å². The van der Waals surface area contributed by atoms with Crippen molar-refractivity contribution in [1.82, 2.24) is 14.9 Å². The van der Waals surface area contributed by atoms with Gasteiger partial charge in [0.15, 0.2) is 11.5 Å². The zero-order chi connectivity index (χ0) is 25.6. The van der Waals surface area contributed by atoms with Crippen LogP contribution in [0.3, 0.4) is 0 Å². The van der Waals surface area contributed by atoms with Crippen LogP contribution in [0.4, 0.5) is 5.95 Å². The van der Waals surface area contributed by atoms with E-state index in [2.05, 4.69) is 52.3 Å². The first-order valence-corrected chi connectivity index (χ1v) is 13.4. The average Bonchev–Trinajstić information content (AvgIpc) is 2.96. The Morgan fingerprint density at radius 1 is 0.947 bits per heavy atom. The Bertz CT molecular complexity index is 1550. The number of benzene rings is 3. The number of aromatic nitrogens is 2. The molecule has 0 radical (unpaired) electrons. The van der Waals surface area contributed by atoms with Crippen LogP contribution in [0.2, 0.25) is 0 Å². The number of hydrogen-bond acceptors (Lipinski definition) is 6. The van der Waals surface area contributed by atoms with Gasteiger partial charge < -0.3 is 19.3 Å². The van der Waals surface area contributed by atoms with E-state index in [1.165, 1.54) is 5.56 Å². The molecular formula is C31H30N4O3. The number of carbonyl (C=O) groups excluding carboxylic acids is 1. The number of ether oxygens (including phenoxy) is 2. The Hall–Kier alpha value is -4.13. The lowest BCUT2D eigenvalue weighted by Gasteiger charge is -2.41. The smallest absolute Gasteiger partial charge is 0.227 e. The maximum absolute atomic E-state index is 13.0. The molecule has 1 amide bonds. The van der Waals surface area contributed by atoms with Crippen molar-refractivity contribution >= 4 is 22.8 Å². The van der Waals surface area contributed by atoms with Gasteiger partial charge in [0.25, 0.3) is 0 Å². The molecule has 0 saturated carbocycles. The lowest BCUT2D eigenvalue weighted by atomic mass is 9.95. The second kappa shape index (κ2) is 9.31. The summed E-state index contributed by atoms with van der Waals surface area (Å²) in [4.78, 5) is 27.3. The van der Waals surface area contributed by atoms with Gasteiger partial charge in [-0.2, -0.15) is 0 Å². The molecule has 0 spiro atoms. The van der Waals surface area contributed by atoms with Gasteiger partial charge in [-0.1, -0.05) is 42.5 Å². The molecule has 0 aliphatic carbocycles. The number of fused-ring (bicyclic) bond motifs is 3. The molecule has 7 nitrogen and oxygen atoms in total. The minimum Gasteiger partial charge on any atom is -0.486 e. The zero-order valence-corrected chi connectivity index (χ0v) is 21.5. The van der Waals surface area contributed by atoms with Gasteiger partial charge >= 0.3 is 0 Å². The van der Waals surface area contributed by atoms with Crippen molar-refractivity contribution < 1.29 is 14.3 Å². The van der Waals surface area contributed by atoms with Gasteiger partial charge in [0, 0.05) is 36.6 Å². The van der Waals surface area contributed by atoms with Crippen molar-refractivity contribution in [2.75, 3.05) is 31.2 Å². The molecule has 7 rings (SSSR count). The zero-order valence-electron chi connectivity index (χ0n) is 21.5. The third-order valence-electron chi connectivity index (χ3n) is 7.99. The summed E-state index contributed by atoms with van der Waals surface area (Å²) in [6, 6.07) is 20.8. The molecule has 4 heterocycles. The molecule has 0 bridgehead atoms. The van der Waals surface area contributed by atoms with Crippen LogP contribution in [0, 0.1) is 6.92 Å². The Kier molecular flexibility index (Phi) is 5.64. The van der Waals surface area contributed by atoms with E-state index in [4.69, 9.17) is 19.4 Å². The molecule has 1 atom stereocenters. The van der Waals surface area contributed by atoms with E-state index >= 15 is 0 Å². The molecule has 1 saturated heterocycles. The van der Waals surface area contributed by atoms with Crippen LogP contribution in [0.1, 0.15) is 29.7 Å². The monoisotopic (exact) mass is 506 g/mol. The van der Waals surface area contributed by atoms with Crippen molar-refractivity contribution in [3.05, 3.63) is 77.5 Å². The molecule has 192 valence electrons. The summed E-state index contributed by atoms with van der Waals surface area (Å²) >= 11 is 0. The number of nitrogens with zero attached hydrogens (tertiary/aromatic N) is 4. The second-order valence-corrected chi connectivity index (χ2v) is 10.4. The first-order chi connectivity index (χ1) is 18.6. The van der Waals surface area contributed by atoms with Crippen LogP contribution in [0.15, 0.2) is 60.7 Å². The number of carbonyl (C=O) groups is 1. The minimum atomic E-state index is 0.165. The molecule has 38 heavy (non-hydrogen) atoms. The summed E-state index contributed by atoms with van der Waals surface area (Å²) in [6.45, 7) is 5.50. The minimum absolute atomic E-state index is 0.165. The summed E-state index contributed by atoms with van der Waals surface area (Å²) in [6.07, 6.45) is 2.51. The fraction of sp³-hybridized carbons (Fsp3) is 0.323. The number of rotatable bonds is 3. The van der Waals surface area contributed by atoms with Gasteiger partial charge in [-0.15, -0.1) is 0 Å². The normalized spacial score (nSPS) is 19.0. The molecule has 1 aromatic heterocycles. The van der Waals surface area contributed by atoms with Crippen LogP contribution < -0.4 is 14.4 Å². The molecule has 3 aliphatic rings. The van der Waals surface area contributed by atoms with Crippen molar-refractivity contribution in [3.8, 4) is 22.6 Å². The van der Waals surface area contributed by atoms with Gasteiger partial charge in [0.2, 0.25) is 11.9 Å². The molecule has 1 fully saturated rings. The van der Waals surface area contributed by atoms with Gasteiger partial charge in [-0.05, 0) is 54.7 Å². The van der Waals surface area contributed by atoms with Crippen LogP contribution in [0.5, 0.6) is 11.5 Å². The number of piperidine rings is 1. The summed E-state index contributed by atoms with van der Waals surface area (Å²) in [5, 5.41) is 1.02. The Morgan fingerprint density at radius 2 is 1.82 bits per heavy atom. The van der Waals surface area contributed by atoms with E-state index in [1.54, 1.807) is 0 Å². The molecule has 3 aromatic carbocycles. The van der Waals surface area contributed by atoms with Crippen molar-refractivity contribution in [3.63, 3.8) is 0 Å². The second-order valence-electron chi connectivity index (χ2n) is 10.4. The highest BCUT2D eigenvalue weighted by atomic mass is 16.6. The highest BCUT2D eigenvalue weighted by molar-refractivity contribution is 5.88. The van der Waals surface area contributed by atoms with E-state index in [-0.39, 0.29) is 11.9 Å². The van der Waals surface area contributed by atoms with Crippen molar-refractivity contribution in [2.45, 2.75) is 38.8 Å². The predicted octanol–water partition coefficient (Wildman–Crippen LogP) is 4.93. The lowest BCUT2D eigenvalue weighted by molar-refractivity contribution is -0.134. The Morgan fingerprint density at radius 3 is 2.74 bits per heavy atom. The van der Waals surface area contributed by atoms with Crippen LogP contribution in [-0.4, -0.2) is 53.1 Å². The molecule has 7 heteroatoms. The Balaban J connectivity index is 1.16. The number of hydrogen-bond donors (Lipinski definition) is 0. The quantitative estimate of drug-likeness (QED) is 0.393. The fourth-order valence-corrected chi connectivity index (χ4v) is 6.02. The SMILES string of the molecule is Cc1nc(N2CCC[C@@H](N3Cc4ccccc4CC3=O)C2)nc2ccc(-c3cccc4c3OCCO4)cc12. The van der Waals surface area contributed by atoms with E-state index in [0.717, 1.165) is 76.7 Å². The van der Waals surface area contributed by atoms with Gasteiger partial charge in [-0.25, -0.2) is 9.97 Å². The van der Waals surface area contributed by atoms with Crippen LogP contribution in [0.25, 0.3) is 22.0 Å². The van der Waals surface area contributed by atoms with Gasteiger partial charge in [-0.3, -0.25) is 4.79 Å². The Labute approximate surface area is 222 Å². The first-order valence-electron chi connectivity index (χ1n) is 13.4. The predicted molar refractivity (Wildman–Crippen MR) is 147 cm³/mol. The van der Waals surface area contributed by atoms with Crippen LogP contribution in [-0.2, 0) is 17.8 Å². The highest BCUT2D eigenvalue weighted by Crippen LogP contribution is 2.40. The summed E-state index contributed by atoms with van der Waals surface area (Å²) < 4.78 is 11.7. The third kappa shape index (κ3) is 4.02. The van der Waals surface area contributed by atoms with E-state index < -0.39 is 0 Å². The first kappa shape index (κ1) is 23.0. The number of amides is 1. The molecule has 3 aliphatic heterocycles. The fourth-order valence-electron chi connectivity index (χ4n) is 6.02. The largest absolute Gasteiger partial charge is 0.486 e. The number of aryl methyl sites for hydroxylation is 1. The van der Waals surface area contributed by atoms with E-state index in [9.17, 15) is 4.79 Å². The van der Waals surface area contributed by atoms with Gasteiger partial charge in [0.1, 0.15) is 13.2 Å². The maximum atomic E-state index is 13.0. The third-order valence-corrected chi connectivity index (χ3v) is 7.99. The molecule has 0 unspecified atom stereocenters. The maximum Gasteiger partial charge on any atom is 0.227 e. The van der Waals surface area contributed by atoms with E-state index in [0.29, 0.717) is 26.2 Å². The molecule has 0 N–H and O–H groups in total. The van der Waals surface area contributed by atoms with E-state index in [1.807, 2.05) is 25.1 Å². The standard InChI is InChI=1S/C31H30N4O3/c1-20-26-16-22(25-9-4-10-28-30(25)38-15-14-37-28)11-12-27(26)33-31(32-20)34-13-5-8-24(19-34)35-18-23-7-3-2-6-21(23)17-29(35)36/h2-4,6-7,9-12,16,24H,5,8,13-15,17-19H2,1H3/t24-/m1/s1. The summed E-state index contributed by atoms with van der Waals surface area (Å²) in [5.74, 6) is 2.54. The van der Waals surface area contributed by atoms with Crippen molar-refractivity contribution in [1.29, 1.82) is 0 Å². The summed E-state index contributed by atoms with van der Waals surface area (Å²) in [5.41, 5.74) is 6.35. The topological polar surface area (TPSA) is 67.8 Å². The van der Waals surface area contributed by atoms with Gasteiger partial charge in [0.05, 0.1) is 17.6 Å². The summed E-state index contributed by atoms with van der Waals surface area (Å²) in [7, 11) is 0. The molecular weight excluding hydrogens is 476 g/mol. The molecule has 4 aromatic rings. The lowest BCUT2D eigenvalue weighted by Crippen LogP contribution is -2.52. The van der Waals surface area contributed by atoms with Crippen LogP contribution >= 0.6 is 0 Å².